The molecule has 17 heavy (non-hydrogen) atoms. The van der Waals surface area contributed by atoms with E-state index in [-0.39, 0.29) is 18.4 Å². The molecule has 0 aromatic heterocycles. The number of benzene rings is 1. The van der Waals surface area contributed by atoms with Gasteiger partial charge in [0.05, 0.1) is 18.8 Å². The molecule has 0 amide bonds. The molecule has 2 rings (SSSR count). The second-order valence-corrected chi connectivity index (χ2v) is 3.81. The summed E-state index contributed by atoms with van der Waals surface area (Å²) >= 11 is 0. The summed E-state index contributed by atoms with van der Waals surface area (Å²) in [6.45, 7) is 0.724. The van der Waals surface area contributed by atoms with Crippen molar-refractivity contribution in [1.82, 2.24) is 0 Å². The van der Waals surface area contributed by atoms with Gasteiger partial charge in [-0.1, -0.05) is 6.07 Å². The molecule has 1 aliphatic heterocycles. The van der Waals surface area contributed by atoms with Gasteiger partial charge in [0.15, 0.2) is 0 Å². The van der Waals surface area contributed by atoms with E-state index < -0.39 is 11.7 Å². The molecular formula is C11H12F3NO2. The molecule has 94 valence electrons. The maximum absolute atomic E-state index is 12.8. The summed E-state index contributed by atoms with van der Waals surface area (Å²) in [5, 5.41) is 0. The number of hydrogen-bond acceptors (Lipinski definition) is 3. The summed E-state index contributed by atoms with van der Waals surface area (Å²) in [4.78, 5) is 0. The Bertz CT molecular complexity index is 402. The monoisotopic (exact) mass is 247 g/mol. The third-order valence-electron chi connectivity index (χ3n) is 2.49. The van der Waals surface area contributed by atoms with Crippen LogP contribution >= 0.6 is 0 Å². The summed E-state index contributed by atoms with van der Waals surface area (Å²) in [6.07, 6.45) is -4.73. The first-order chi connectivity index (χ1) is 8.00. The topological polar surface area (TPSA) is 44.5 Å². The van der Waals surface area contributed by atoms with E-state index in [4.69, 9.17) is 15.2 Å². The van der Waals surface area contributed by atoms with Crippen LogP contribution in [-0.2, 0) is 17.5 Å². The molecular weight excluding hydrogens is 235 g/mol. The lowest BCUT2D eigenvalue weighted by atomic mass is 10.1. The molecule has 1 fully saturated rings. The van der Waals surface area contributed by atoms with E-state index in [9.17, 15) is 13.2 Å². The van der Waals surface area contributed by atoms with Crippen molar-refractivity contribution >= 4 is 0 Å². The smallest absolute Gasteiger partial charge is 0.419 e. The SMILES string of the molecule is NCc1ccc(OC2COC2)c(C(F)(F)F)c1. The number of rotatable bonds is 3. The van der Waals surface area contributed by atoms with Gasteiger partial charge in [-0.3, -0.25) is 0 Å². The Morgan fingerprint density at radius 1 is 1.35 bits per heavy atom. The highest BCUT2D eigenvalue weighted by molar-refractivity contribution is 5.39. The zero-order valence-corrected chi connectivity index (χ0v) is 8.96. The van der Waals surface area contributed by atoms with Gasteiger partial charge >= 0.3 is 6.18 Å². The van der Waals surface area contributed by atoms with Gasteiger partial charge < -0.3 is 15.2 Å². The van der Waals surface area contributed by atoms with E-state index in [0.717, 1.165) is 6.07 Å². The lowest BCUT2D eigenvalue weighted by molar-refractivity contribution is -0.142. The zero-order valence-electron chi connectivity index (χ0n) is 8.96. The van der Waals surface area contributed by atoms with Crippen molar-refractivity contribution in [2.45, 2.75) is 18.8 Å². The summed E-state index contributed by atoms with van der Waals surface area (Å²) in [7, 11) is 0. The quantitative estimate of drug-likeness (QED) is 0.887. The number of nitrogens with two attached hydrogens (primary N) is 1. The number of hydrogen-bond donors (Lipinski definition) is 1. The predicted molar refractivity (Wildman–Crippen MR) is 54.6 cm³/mol. The zero-order chi connectivity index (χ0) is 12.5. The minimum atomic E-state index is -4.44. The average Bonchev–Trinajstić information content (AvgIpc) is 2.22. The van der Waals surface area contributed by atoms with Crippen molar-refractivity contribution in [1.29, 1.82) is 0 Å². The number of halogens is 3. The van der Waals surface area contributed by atoms with Crippen LogP contribution in [0.5, 0.6) is 5.75 Å². The maximum Gasteiger partial charge on any atom is 0.419 e. The van der Waals surface area contributed by atoms with Crippen molar-refractivity contribution < 1.29 is 22.6 Å². The molecule has 3 nitrogen and oxygen atoms in total. The molecule has 0 saturated carbocycles. The van der Waals surface area contributed by atoms with Gasteiger partial charge in [-0.2, -0.15) is 13.2 Å². The molecule has 1 aromatic carbocycles. The predicted octanol–water partition coefficient (Wildman–Crippen LogP) is 1.94. The first kappa shape index (κ1) is 12.2. The lowest BCUT2D eigenvalue weighted by Gasteiger charge is -2.28. The third-order valence-corrected chi connectivity index (χ3v) is 2.49. The van der Waals surface area contributed by atoms with E-state index in [1.165, 1.54) is 12.1 Å². The second-order valence-electron chi connectivity index (χ2n) is 3.81. The summed E-state index contributed by atoms with van der Waals surface area (Å²) in [6, 6.07) is 3.86. The fourth-order valence-corrected chi connectivity index (χ4v) is 1.49. The average molecular weight is 247 g/mol. The van der Waals surface area contributed by atoms with Gasteiger partial charge in [0.2, 0.25) is 0 Å². The van der Waals surface area contributed by atoms with Crippen LogP contribution in [0.15, 0.2) is 18.2 Å². The van der Waals surface area contributed by atoms with Crippen molar-refractivity contribution in [3.05, 3.63) is 29.3 Å². The van der Waals surface area contributed by atoms with Gasteiger partial charge in [-0.25, -0.2) is 0 Å². The van der Waals surface area contributed by atoms with Crippen LogP contribution in [0.4, 0.5) is 13.2 Å². The lowest BCUT2D eigenvalue weighted by Crippen LogP contribution is -2.39. The molecule has 1 saturated heterocycles. The maximum atomic E-state index is 12.8. The van der Waals surface area contributed by atoms with E-state index in [0.29, 0.717) is 18.8 Å². The Kier molecular flexibility index (Phi) is 3.26. The molecule has 0 radical (unpaired) electrons. The number of ether oxygens (including phenoxy) is 2. The highest BCUT2D eigenvalue weighted by atomic mass is 19.4. The first-order valence-corrected chi connectivity index (χ1v) is 5.15. The normalized spacial score (nSPS) is 16.7. The molecule has 1 heterocycles. The Hall–Kier alpha value is -1.27. The van der Waals surface area contributed by atoms with Crippen LogP contribution in [0.1, 0.15) is 11.1 Å². The molecule has 1 aromatic rings. The Morgan fingerprint density at radius 3 is 2.53 bits per heavy atom. The minimum absolute atomic E-state index is 0.0654. The van der Waals surface area contributed by atoms with Crippen molar-refractivity contribution in [2.75, 3.05) is 13.2 Å². The van der Waals surface area contributed by atoms with Crippen molar-refractivity contribution in [3.8, 4) is 5.75 Å². The number of alkyl halides is 3. The first-order valence-electron chi connectivity index (χ1n) is 5.15. The Balaban J connectivity index is 2.28. The summed E-state index contributed by atoms with van der Waals surface area (Å²) in [5.41, 5.74) is 4.96. The largest absolute Gasteiger partial charge is 0.485 e. The molecule has 0 atom stereocenters. The van der Waals surface area contributed by atoms with Crippen LogP contribution in [0, 0.1) is 0 Å². The highest BCUT2D eigenvalue weighted by Gasteiger charge is 2.35. The van der Waals surface area contributed by atoms with Crippen LogP contribution < -0.4 is 10.5 Å². The Labute approximate surface area is 96.3 Å². The third kappa shape index (κ3) is 2.70. The molecule has 1 aliphatic rings. The van der Waals surface area contributed by atoms with E-state index in [1.807, 2.05) is 0 Å². The van der Waals surface area contributed by atoms with Crippen LogP contribution in [-0.4, -0.2) is 19.3 Å². The van der Waals surface area contributed by atoms with Crippen LogP contribution in [0.3, 0.4) is 0 Å². The fraction of sp³-hybridized carbons (Fsp3) is 0.455. The standard InChI is InChI=1S/C11H12F3NO2/c12-11(13,14)9-3-7(4-15)1-2-10(9)17-8-5-16-6-8/h1-3,8H,4-6,15H2. The van der Waals surface area contributed by atoms with Gasteiger partial charge in [-0.15, -0.1) is 0 Å². The van der Waals surface area contributed by atoms with E-state index in [1.54, 1.807) is 0 Å². The van der Waals surface area contributed by atoms with E-state index in [2.05, 4.69) is 0 Å². The van der Waals surface area contributed by atoms with Crippen molar-refractivity contribution in [3.63, 3.8) is 0 Å². The summed E-state index contributed by atoms with van der Waals surface area (Å²) < 4.78 is 48.4. The molecule has 2 N–H and O–H groups in total. The molecule has 0 spiro atoms. The highest BCUT2D eigenvalue weighted by Crippen LogP contribution is 2.37. The fourth-order valence-electron chi connectivity index (χ4n) is 1.49. The van der Waals surface area contributed by atoms with E-state index >= 15 is 0 Å². The molecule has 0 unspecified atom stereocenters. The Morgan fingerprint density at radius 2 is 2.06 bits per heavy atom. The minimum Gasteiger partial charge on any atom is -0.485 e. The summed E-state index contributed by atoms with van der Waals surface area (Å²) in [5.74, 6) is -0.164. The molecule has 0 aliphatic carbocycles. The molecule has 6 heteroatoms. The van der Waals surface area contributed by atoms with Gasteiger partial charge in [0.25, 0.3) is 0 Å². The second kappa shape index (κ2) is 4.54. The van der Waals surface area contributed by atoms with Gasteiger partial charge in [0, 0.05) is 6.54 Å². The van der Waals surface area contributed by atoms with Gasteiger partial charge in [-0.05, 0) is 17.7 Å². The van der Waals surface area contributed by atoms with Gasteiger partial charge in [0.1, 0.15) is 11.9 Å². The van der Waals surface area contributed by atoms with Crippen molar-refractivity contribution in [2.24, 2.45) is 5.73 Å². The van der Waals surface area contributed by atoms with Crippen LogP contribution in [0.25, 0.3) is 0 Å². The molecule has 0 bridgehead atoms. The van der Waals surface area contributed by atoms with Crippen LogP contribution in [0.2, 0.25) is 0 Å².